The van der Waals surface area contributed by atoms with Crippen LogP contribution in [-0.4, -0.2) is 22.8 Å². The Hall–Kier alpha value is -2.01. The molecule has 0 aliphatic rings. The molecule has 0 saturated heterocycles. The molecule has 1 aromatic carbocycles. The Kier molecular flexibility index (Phi) is 3.53. The summed E-state index contributed by atoms with van der Waals surface area (Å²) >= 11 is 3.24. The number of Topliss-reactive ketones (excluding diaryl/α,β-unsaturated/α-hetero) is 2. The highest BCUT2D eigenvalue weighted by Gasteiger charge is 2.19. The van der Waals surface area contributed by atoms with E-state index in [1.807, 2.05) is 0 Å². The molecule has 18 heavy (non-hydrogen) atoms. The van der Waals surface area contributed by atoms with E-state index in [4.69, 9.17) is 0 Å². The van der Waals surface area contributed by atoms with Crippen LogP contribution in [-0.2, 0) is 0 Å². The van der Waals surface area contributed by atoms with Crippen LogP contribution in [0, 0.1) is 0 Å². The van der Waals surface area contributed by atoms with Gasteiger partial charge in [0.15, 0.2) is 6.29 Å². The van der Waals surface area contributed by atoms with Crippen LogP contribution < -0.4 is 0 Å². The maximum atomic E-state index is 11.9. The van der Waals surface area contributed by atoms with Crippen molar-refractivity contribution in [3.63, 3.8) is 0 Å². The Balaban J connectivity index is 2.29. The first kappa shape index (κ1) is 12.4. The second-order valence-electron chi connectivity index (χ2n) is 3.63. The van der Waals surface area contributed by atoms with E-state index in [1.165, 1.54) is 12.3 Å². The van der Waals surface area contributed by atoms with Crippen molar-refractivity contribution in [2.75, 3.05) is 0 Å². The Morgan fingerprint density at radius 3 is 2.44 bits per heavy atom. The Bertz CT molecular complexity index is 631. The Labute approximate surface area is 111 Å². The first-order valence-corrected chi connectivity index (χ1v) is 5.89. The normalized spacial score (nSPS) is 10.1. The predicted molar refractivity (Wildman–Crippen MR) is 69.0 cm³/mol. The number of aromatic nitrogens is 1. The van der Waals surface area contributed by atoms with E-state index < -0.39 is 11.6 Å². The zero-order chi connectivity index (χ0) is 13.1. The molecular weight excluding hydrogens is 298 g/mol. The van der Waals surface area contributed by atoms with Crippen molar-refractivity contribution in [1.82, 2.24) is 4.98 Å². The van der Waals surface area contributed by atoms with Crippen LogP contribution >= 0.6 is 15.9 Å². The van der Waals surface area contributed by atoms with E-state index in [1.54, 1.807) is 24.3 Å². The van der Waals surface area contributed by atoms with Gasteiger partial charge in [-0.2, -0.15) is 0 Å². The Morgan fingerprint density at radius 2 is 1.83 bits per heavy atom. The van der Waals surface area contributed by atoms with Gasteiger partial charge in [0.05, 0.1) is 5.69 Å². The van der Waals surface area contributed by atoms with Crippen LogP contribution in [0.5, 0.6) is 0 Å². The van der Waals surface area contributed by atoms with Crippen molar-refractivity contribution >= 4 is 33.8 Å². The van der Waals surface area contributed by atoms with Gasteiger partial charge in [0.25, 0.3) is 0 Å². The fourth-order valence-electron chi connectivity index (χ4n) is 1.50. The summed E-state index contributed by atoms with van der Waals surface area (Å²) in [6, 6.07) is 7.94. The third-order valence-electron chi connectivity index (χ3n) is 2.39. The van der Waals surface area contributed by atoms with Gasteiger partial charge in [-0.1, -0.05) is 28.1 Å². The quantitative estimate of drug-likeness (QED) is 0.536. The minimum atomic E-state index is -0.641. The molecule has 1 N–H and O–H groups in total. The number of hydrogen-bond acceptors (Lipinski definition) is 3. The zero-order valence-electron chi connectivity index (χ0n) is 9.14. The highest BCUT2D eigenvalue weighted by molar-refractivity contribution is 9.10. The molecule has 4 nitrogen and oxygen atoms in total. The number of halogens is 1. The molecule has 0 spiro atoms. The molecule has 0 fully saturated rings. The highest BCUT2D eigenvalue weighted by atomic mass is 79.9. The summed E-state index contributed by atoms with van der Waals surface area (Å²) in [5, 5.41) is 0. The van der Waals surface area contributed by atoms with Crippen molar-refractivity contribution in [1.29, 1.82) is 0 Å². The summed E-state index contributed by atoms with van der Waals surface area (Å²) in [7, 11) is 0. The van der Waals surface area contributed by atoms with Crippen molar-refractivity contribution in [3.05, 3.63) is 57.8 Å². The van der Waals surface area contributed by atoms with Gasteiger partial charge < -0.3 is 4.98 Å². The molecule has 0 unspecified atom stereocenters. The first-order chi connectivity index (χ1) is 8.61. The van der Waals surface area contributed by atoms with Crippen LogP contribution in [0.3, 0.4) is 0 Å². The second kappa shape index (κ2) is 5.10. The SMILES string of the molecule is O=Cc1cc(C(=O)C(=O)c2cccc(Br)c2)c[nH]1. The summed E-state index contributed by atoms with van der Waals surface area (Å²) in [6.45, 7) is 0. The van der Waals surface area contributed by atoms with Crippen molar-refractivity contribution < 1.29 is 14.4 Å². The molecule has 0 aliphatic carbocycles. The molecule has 2 rings (SSSR count). The summed E-state index contributed by atoms with van der Waals surface area (Å²) in [4.78, 5) is 36.9. The summed E-state index contributed by atoms with van der Waals surface area (Å²) in [6.07, 6.45) is 1.93. The maximum Gasteiger partial charge on any atom is 0.235 e. The van der Waals surface area contributed by atoms with Gasteiger partial charge in [-0.15, -0.1) is 0 Å². The molecule has 5 heteroatoms. The van der Waals surface area contributed by atoms with Gasteiger partial charge in [-0.25, -0.2) is 0 Å². The van der Waals surface area contributed by atoms with E-state index in [0.717, 1.165) is 4.47 Å². The topological polar surface area (TPSA) is 67.0 Å². The van der Waals surface area contributed by atoms with Crippen molar-refractivity contribution in [3.8, 4) is 0 Å². The van der Waals surface area contributed by atoms with Crippen molar-refractivity contribution in [2.45, 2.75) is 0 Å². The van der Waals surface area contributed by atoms with Crippen LogP contribution in [0.1, 0.15) is 31.2 Å². The number of carbonyl (C=O) groups is 3. The largest absolute Gasteiger partial charge is 0.358 e. The van der Waals surface area contributed by atoms with Gasteiger partial charge in [-0.3, -0.25) is 14.4 Å². The number of carbonyl (C=O) groups excluding carboxylic acids is 3. The van der Waals surface area contributed by atoms with Gasteiger partial charge in [0, 0.05) is 21.8 Å². The van der Waals surface area contributed by atoms with E-state index in [-0.39, 0.29) is 11.3 Å². The standard InChI is InChI=1S/C13H8BrNO3/c14-10-3-1-2-8(4-10)12(17)13(18)9-5-11(7-16)15-6-9/h1-7,15H. The lowest BCUT2D eigenvalue weighted by Gasteiger charge is -1.99. The first-order valence-electron chi connectivity index (χ1n) is 5.10. The second-order valence-corrected chi connectivity index (χ2v) is 4.55. The number of hydrogen-bond donors (Lipinski definition) is 1. The number of rotatable bonds is 4. The maximum absolute atomic E-state index is 11.9. The Morgan fingerprint density at radius 1 is 1.11 bits per heavy atom. The van der Waals surface area contributed by atoms with Gasteiger partial charge >= 0.3 is 0 Å². The van der Waals surface area contributed by atoms with E-state index in [9.17, 15) is 14.4 Å². The van der Waals surface area contributed by atoms with Crippen molar-refractivity contribution in [2.24, 2.45) is 0 Å². The van der Waals surface area contributed by atoms with Gasteiger partial charge in [0.1, 0.15) is 0 Å². The van der Waals surface area contributed by atoms with E-state index in [0.29, 0.717) is 11.8 Å². The van der Waals surface area contributed by atoms with Crippen LogP contribution in [0.4, 0.5) is 0 Å². The fourth-order valence-corrected chi connectivity index (χ4v) is 1.90. The molecule has 0 saturated carbocycles. The summed E-state index contributed by atoms with van der Waals surface area (Å²) < 4.78 is 0.726. The third-order valence-corrected chi connectivity index (χ3v) is 2.88. The number of aromatic amines is 1. The number of nitrogens with one attached hydrogen (secondary N) is 1. The molecule has 0 atom stereocenters. The lowest BCUT2D eigenvalue weighted by atomic mass is 10.0. The monoisotopic (exact) mass is 305 g/mol. The van der Waals surface area contributed by atoms with Crippen LogP contribution in [0.15, 0.2) is 41.0 Å². The van der Waals surface area contributed by atoms with Crippen LogP contribution in [0.2, 0.25) is 0 Å². The van der Waals surface area contributed by atoms with Crippen LogP contribution in [0.25, 0.3) is 0 Å². The van der Waals surface area contributed by atoms with E-state index >= 15 is 0 Å². The highest BCUT2D eigenvalue weighted by Crippen LogP contribution is 2.14. The zero-order valence-corrected chi connectivity index (χ0v) is 10.7. The molecule has 90 valence electrons. The molecule has 0 bridgehead atoms. The van der Waals surface area contributed by atoms with Gasteiger partial charge in [-0.05, 0) is 18.2 Å². The minimum Gasteiger partial charge on any atom is -0.358 e. The summed E-state index contributed by atoms with van der Waals surface area (Å²) in [5.41, 5.74) is 0.755. The molecular formula is C13H8BrNO3. The third kappa shape index (κ3) is 2.46. The predicted octanol–water partition coefficient (Wildman–Crippen LogP) is 2.66. The average Bonchev–Trinajstić information content (AvgIpc) is 2.85. The number of ketones is 2. The number of H-pyrrole nitrogens is 1. The number of benzene rings is 1. The minimum absolute atomic E-state index is 0.182. The molecule has 0 aliphatic heterocycles. The lowest BCUT2D eigenvalue weighted by molar-refractivity contribution is 0.0817. The van der Waals surface area contributed by atoms with E-state index in [2.05, 4.69) is 20.9 Å². The molecule has 1 aromatic heterocycles. The fraction of sp³-hybridized carbons (Fsp3) is 0. The molecule has 0 amide bonds. The molecule has 1 heterocycles. The molecule has 2 aromatic rings. The smallest absolute Gasteiger partial charge is 0.235 e. The lowest BCUT2D eigenvalue weighted by Crippen LogP contribution is -2.13. The average molecular weight is 306 g/mol. The number of aldehydes is 1. The van der Waals surface area contributed by atoms with Gasteiger partial charge in [0.2, 0.25) is 11.6 Å². The summed E-state index contributed by atoms with van der Waals surface area (Å²) in [5.74, 6) is -1.25. The molecule has 0 radical (unpaired) electrons.